The monoisotopic (exact) mass is 281 g/mol. The van der Waals surface area contributed by atoms with Crippen LogP contribution in [-0.2, 0) is 9.59 Å². The molecule has 0 radical (unpaired) electrons. The Kier molecular flexibility index (Phi) is 4.71. The molecule has 2 aliphatic rings. The number of amides is 1. The van der Waals surface area contributed by atoms with Crippen molar-refractivity contribution in [2.24, 2.45) is 11.3 Å². The molecular weight excluding hydrogens is 254 g/mol. The molecule has 0 aromatic heterocycles. The molecule has 1 N–H and O–H groups in total. The van der Waals surface area contributed by atoms with E-state index in [2.05, 4.69) is 6.92 Å². The quantitative estimate of drug-likeness (QED) is 0.861. The zero-order valence-corrected chi connectivity index (χ0v) is 12.7. The van der Waals surface area contributed by atoms with Crippen molar-refractivity contribution in [3.05, 3.63) is 0 Å². The molecule has 0 aromatic carbocycles. The Hall–Kier alpha value is -1.06. The van der Waals surface area contributed by atoms with Gasteiger partial charge in [-0.1, -0.05) is 32.6 Å². The van der Waals surface area contributed by atoms with E-state index in [0.717, 1.165) is 25.7 Å². The lowest BCUT2D eigenvalue weighted by Crippen LogP contribution is -2.43. The first-order valence-corrected chi connectivity index (χ1v) is 7.94. The minimum Gasteiger partial charge on any atom is -0.481 e. The van der Waals surface area contributed by atoms with Crippen LogP contribution in [0.5, 0.6) is 0 Å². The first-order valence-electron chi connectivity index (χ1n) is 7.94. The van der Waals surface area contributed by atoms with Crippen molar-refractivity contribution in [2.75, 3.05) is 7.05 Å². The number of hydrogen-bond donors (Lipinski definition) is 1. The summed E-state index contributed by atoms with van der Waals surface area (Å²) in [7, 11) is 1.86. The van der Waals surface area contributed by atoms with Crippen LogP contribution in [-0.4, -0.2) is 35.0 Å². The van der Waals surface area contributed by atoms with Crippen molar-refractivity contribution < 1.29 is 14.7 Å². The summed E-state index contributed by atoms with van der Waals surface area (Å²) >= 11 is 0. The van der Waals surface area contributed by atoms with Gasteiger partial charge in [0, 0.05) is 19.5 Å². The Morgan fingerprint density at radius 3 is 2.40 bits per heavy atom. The molecule has 0 saturated heterocycles. The smallest absolute Gasteiger partial charge is 0.310 e. The number of aliphatic carboxylic acids is 1. The molecule has 4 heteroatoms. The Bertz CT molecular complexity index is 374. The summed E-state index contributed by atoms with van der Waals surface area (Å²) in [5.41, 5.74) is -0.786. The molecular formula is C16H27NO3. The molecule has 2 unspecified atom stereocenters. The highest BCUT2D eigenvalue weighted by Crippen LogP contribution is 2.42. The van der Waals surface area contributed by atoms with Gasteiger partial charge in [0.25, 0.3) is 0 Å². The third-order valence-electron chi connectivity index (χ3n) is 5.35. The van der Waals surface area contributed by atoms with Crippen LogP contribution in [0, 0.1) is 11.3 Å². The van der Waals surface area contributed by atoms with Gasteiger partial charge in [-0.05, 0) is 31.6 Å². The SMILES string of the molecule is CC1CCCC(N(C)C(=O)CC2(C(=O)O)CCCC2)C1. The van der Waals surface area contributed by atoms with E-state index in [1.165, 1.54) is 12.8 Å². The molecule has 0 spiro atoms. The number of carboxylic acids is 1. The lowest BCUT2D eigenvalue weighted by Gasteiger charge is -2.36. The molecule has 114 valence electrons. The average molecular weight is 281 g/mol. The highest BCUT2D eigenvalue weighted by atomic mass is 16.4. The van der Waals surface area contributed by atoms with Gasteiger partial charge in [-0.3, -0.25) is 9.59 Å². The van der Waals surface area contributed by atoms with Crippen LogP contribution in [0.3, 0.4) is 0 Å². The van der Waals surface area contributed by atoms with Gasteiger partial charge in [0.2, 0.25) is 5.91 Å². The van der Waals surface area contributed by atoms with Gasteiger partial charge >= 0.3 is 5.97 Å². The highest BCUT2D eigenvalue weighted by Gasteiger charge is 2.44. The fourth-order valence-corrected chi connectivity index (χ4v) is 3.89. The van der Waals surface area contributed by atoms with Crippen LogP contribution in [0.4, 0.5) is 0 Å². The summed E-state index contributed by atoms with van der Waals surface area (Å²) in [5.74, 6) is -0.0916. The van der Waals surface area contributed by atoms with E-state index in [1.54, 1.807) is 0 Å². The maximum Gasteiger partial charge on any atom is 0.310 e. The maximum absolute atomic E-state index is 12.5. The summed E-state index contributed by atoms with van der Waals surface area (Å²) in [6.45, 7) is 2.24. The van der Waals surface area contributed by atoms with E-state index in [4.69, 9.17) is 0 Å². The second-order valence-electron chi connectivity index (χ2n) is 6.90. The van der Waals surface area contributed by atoms with Crippen LogP contribution < -0.4 is 0 Å². The molecule has 1 amide bonds. The maximum atomic E-state index is 12.5. The Morgan fingerprint density at radius 2 is 1.85 bits per heavy atom. The van der Waals surface area contributed by atoms with E-state index < -0.39 is 11.4 Å². The van der Waals surface area contributed by atoms with Crippen molar-refractivity contribution in [3.63, 3.8) is 0 Å². The van der Waals surface area contributed by atoms with Gasteiger partial charge in [-0.2, -0.15) is 0 Å². The predicted octanol–water partition coefficient (Wildman–Crippen LogP) is 3.06. The lowest BCUT2D eigenvalue weighted by molar-refractivity contribution is -0.153. The predicted molar refractivity (Wildman–Crippen MR) is 77.3 cm³/mol. The van der Waals surface area contributed by atoms with E-state index >= 15 is 0 Å². The van der Waals surface area contributed by atoms with Crippen LogP contribution >= 0.6 is 0 Å². The summed E-state index contributed by atoms with van der Waals surface area (Å²) in [4.78, 5) is 25.8. The van der Waals surface area contributed by atoms with Crippen molar-refractivity contribution >= 4 is 11.9 Å². The number of carboxylic acid groups (broad SMARTS) is 1. The number of nitrogens with zero attached hydrogens (tertiary/aromatic N) is 1. The molecule has 0 bridgehead atoms. The largest absolute Gasteiger partial charge is 0.481 e. The zero-order chi connectivity index (χ0) is 14.8. The first kappa shape index (κ1) is 15.3. The third-order valence-corrected chi connectivity index (χ3v) is 5.35. The second kappa shape index (κ2) is 6.15. The van der Waals surface area contributed by atoms with E-state index in [1.807, 2.05) is 11.9 Å². The fourth-order valence-electron chi connectivity index (χ4n) is 3.89. The molecule has 20 heavy (non-hydrogen) atoms. The van der Waals surface area contributed by atoms with Gasteiger partial charge in [0.1, 0.15) is 0 Å². The molecule has 2 fully saturated rings. The number of carbonyl (C=O) groups excluding carboxylic acids is 1. The lowest BCUT2D eigenvalue weighted by atomic mass is 9.81. The topological polar surface area (TPSA) is 57.6 Å². The van der Waals surface area contributed by atoms with Gasteiger partial charge in [-0.25, -0.2) is 0 Å². The minimum atomic E-state index is -0.786. The molecule has 0 aromatic rings. The summed E-state index contributed by atoms with van der Waals surface area (Å²) in [6, 6.07) is 0.304. The molecule has 4 nitrogen and oxygen atoms in total. The van der Waals surface area contributed by atoms with Gasteiger partial charge < -0.3 is 10.0 Å². The molecule has 2 aliphatic carbocycles. The summed E-state index contributed by atoms with van der Waals surface area (Å²) in [5, 5.41) is 9.48. The highest BCUT2D eigenvalue weighted by molar-refractivity contribution is 5.85. The molecule has 0 heterocycles. The van der Waals surface area contributed by atoms with E-state index in [0.29, 0.717) is 24.8 Å². The van der Waals surface area contributed by atoms with Crippen molar-refractivity contribution in [1.29, 1.82) is 0 Å². The number of hydrogen-bond acceptors (Lipinski definition) is 2. The molecule has 0 aliphatic heterocycles. The van der Waals surface area contributed by atoms with Crippen LogP contribution in [0.25, 0.3) is 0 Å². The van der Waals surface area contributed by atoms with Crippen molar-refractivity contribution in [3.8, 4) is 0 Å². The minimum absolute atomic E-state index is 0.0217. The standard InChI is InChI=1S/C16H27NO3/c1-12-6-5-7-13(10-12)17(2)14(18)11-16(15(19)20)8-3-4-9-16/h12-13H,3-11H2,1-2H3,(H,19,20). The fraction of sp³-hybridized carbons (Fsp3) is 0.875. The van der Waals surface area contributed by atoms with E-state index in [-0.39, 0.29) is 12.3 Å². The Balaban J connectivity index is 1.98. The van der Waals surface area contributed by atoms with Crippen LogP contribution in [0.15, 0.2) is 0 Å². The molecule has 2 atom stereocenters. The second-order valence-corrected chi connectivity index (χ2v) is 6.90. The van der Waals surface area contributed by atoms with Gasteiger partial charge in [0.05, 0.1) is 5.41 Å². The van der Waals surface area contributed by atoms with Crippen LogP contribution in [0.1, 0.15) is 64.7 Å². The zero-order valence-electron chi connectivity index (χ0n) is 12.7. The average Bonchev–Trinajstić information content (AvgIpc) is 2.87. The Morgan fingerprint density at radius 1 is 1.20 bits per heavy atom. The van der Waals surface area contributed by atoms with Crippen molar-refractivity contribution in [2.45, 2.75) is 70.8 Å². The van der Waals surface area contributed by atoms with Gasteiger partial charge in [-0.15, -0.1) is 0 Å². The molecule has 2 rings (SSSR count). The normalized spacial score (nSPS) is 29.1. The number of carbonyl (C=O) groups is 2. The van der Waals surface area contributed by atoms with Gasteiger partial charge in [0.15, 0.2) is 0 Å². The summed E-state index contributed by atoms with van der Waals surface area (Å²) in [6.07, 6.45) is 7.91. The summed E-state index contributed by atoms with van der Waals surface area (Å²) < 4.78 is 0. The Labute approximate surface area is 121 Å². The third kappa shape index (κ3) is 3.15. The van der Waals surface area contributed by atoms with E-state index in [9.17, 15) is 14.7 Å². The molecule has 2 saturated carbocycles. The number of rotatable bonds is 4. The van der Waals surface area contributed by atoms with Crippen LogP contribution in [0.2, 0.25) is 0 Å². The first-order chi connectivity index (χ1) is 9.44. The van der Waals surface area contributed by atoms with Crippen molar-refractivity contribution in [1.82, 2.24) is 4.90 Å².